The van der Waals surface area contributed by atoms with Crippen molar-refractivity contribution in [2.75, 3.05) is 17.3 Å². The molecule has 1 fully saturated rings. The predicted octanol–water partition coefficient (Wildman–Crippen LogP) is 5.32. The number of aryl methyl sites for hydroxylation is 1. The maximum atomic E-state index is 13.7. The Kier molecular flexibility index (Phi) is 8.11. The van der Waals surface area contributed by atoms with Crippen LogP contribution in [0.2, 0.25) is 5.02 Å². The van der Waals surface area contributed by atoms with Gasteiger partial charge in [-0.05, 0) is 43.4 Å². The van der Waals surface area contributed by atoms with Gasteiger partial charge in [0.15, 0.2) is 0 Å². The molecule has 0 aliphatic heterocycles. The molecule has 0 aromatic carbocycles. The van der Waals surface area contributed by atoms with Crippen LogP contribution in [0.5, 0.6) is 6.01 Å². The number of ether oxygens (including phenoxy) is 1. The van der Waals surface area contributed by atoms with Gasteiger partial charge in [-0.1, -0.05) is 11.6 Å². The van der Waals surface area contributed by atoms with Gasteiger partial charge < -0.3 is 15.2 Å². The summed E-state index contributed by atoms with van der Waals surface area (Å²) < 4.78 is 47.4. The topological polar surface area (TPSA) is 144 Å². The summed E-state index contributed by atoms with van der Waals surface area (Å²) in [5, 5.41) is 17.2. The molecule has 0 bridgehead atoms. The van der Waals surface area contributed by atoms with Crippen molar-refractivity contribution in [2.24, 2.45) is 7.05 Å². The molecular weight excluding hydrogens is 579 g/mol. The van der Waals surface area contributed by atoms with E-state index in [2.05, 4.69) is 35.3 Å². The summed E-state index contributed by atoms with van der Waals surface area (Å²) in [7, 11) is 3.00. The SMILES string of the molecule is COc1ncc(-c2ccnc(N(C(=O)O)[C@H]3CC[C@H](Nc4ncc(C(F)(F)F)c(-c5nn(C)cc5Cl)n4)CC3)c2)cn1. The largest absolute Gasteiger partial charge is 0.467 e. The number of carboxylic acid groups (broad SMARTS) is 1. The van der Waals surface area contributed by atoms with Gasteiger partial charge in [0.05, 0.1) is 12.1 Å². The van der Waals surface area contributed by atoms with Crippen LogP contribution in [0, 0.1) is 0 Å². The number of methoxy groups -OCH3 is 1. The minimum Gasteiger partial charge on any atom is -0.467 e. The minimum absolute atomic E-state index is 0.00524. The van der Waals surface area contributed by atoms with E-state index in [1.807, 2.05) is 0 Å². The van der Waals surface area contributed by atoms with Crippen LogP contribution >= 0.6 is 11.6 Å². The molecule has 1 aliphatic rings. The third-order valence-electron chi connectivity index (χ3n) is 6.84. The molecular formula is C26H25ClF3N9O3. The van der Waals surface area contributed by atoms with Crippen LogP contribution in [0.15, 0.2) is 43.1 Å². The first-order chi connectivity index (χ1) is 20.0. The van der Waals surface area contributed by atoms with Crippen molar-refractivity contribution in [2.45, 2.75) is 43.9 Å². The van der Waals surface area contributed by atoms with Crippen LogP contribution < -0.4 is 15.0 Å². The molecule has 4 aromatic heterocycles. The van der Waals surface area contributed by atoms with E-state index >= 15 is 0 Å². The number of nitrogens with zero attached hydrogens (tertiary/aromatic N) is 8. The van der Waals surface area contributed by atoms with E-state index in [9.17, 15) is 23.1 Å². The molecule has 12 nitrogen and oxygen atoms in total. The van der Waals surface area contributed by atoms with E-state index in [-0.39, 0.29) is 40.6 Å². The Labute approximate surface area is 242 Å². The average Bonchev–Trinajstić information content (AvgIpc) is 3.31. The quantitative estimate of drug-likeness (QED) is 0.285. The zero-order chi connectivity index (χ0) is 30.0. The lowest BCUT2D eigenvalue weighted by molar-refractivity contribution is -0.137. The zero-order valence-electron chi connectivity index (χ0n) is 22.4. The van der Waals surface area contributed by atoms with Gasteiger partial charge in [-0.3, -0.25) is 9.58 Å². The molecule has 1 saturated carbocycles. The van der Waals surface area contributed by atoms with Crippen molar-refractivity contribution in [3.8, 4) is 28.5 Å². The molecule has 220 valence electrons. The molecule has 0 saturated heterocycles. The number of amides is 1. The van der Waals surface area contributed by atoms with Gasteiger partial charge in [-0.2, -0.15) is 18.3 Å². The summed E-state index contributed by atoms with van der Waals surface area (Å²) in [4.78, 5) is 34.0. The maximum Gasteiger partial charge on any atom is 0.420 e. The molecule has 16 heteroatoms. The number of anilines is 2. The van der Waals surface area contributed by atoms with Gasteiger partial charge in [-0.25, -0.2) is 29.7 Å². The summed E-state index contributed by atoms with van der Waals surface area (Å²) in [6, 6.07) is 3.03. The molecule has 2 N–H and O–H groups in total. The molecule has 4 heterocycles. The van der Waals surface area contributed by atoms with E-state index in [1.54, 1.807) is 31.6 Å². The summed E-state index contributed by atoms with van der Waals surface area (Å²) in [6.45, 7) is 0. The van der Waals surface area contributed by atoms with Crippen LogP contribution in [0.3, 0.4) is 0 Å². The molecule has 5 rings (SSSR count). The second-order valence-corrected chi connectivity index (χ2v) is 10.0. The summed E-state index contributed by atoms with van der Waals surface area (Å²) in [5.74, 6) is 0.254. The Morgan fingerprint density at radius 1 is 1.10 bits per heavy atom. The lowest BCUT2D eigenvalue weighted by atomic mass is 9.90. The lowest BCUT2D eigenvalue weighted by Crippen LogP contribution is -2.44. The van der Waals surface area contributed by atoms with Crippen molar-refractivity contribution in [1.82, 2.24) is 34.7 Å². The monoisotopic (exact) mass is 603 g/mol. The van der Waals surface area contributed by atoms with Gasteiger partial charge in [0.2, 0.25) is 5.95 Å². The Bertz CT molecular complexity index is 1580. The summed E-state index contributed by atoms with van der Waals surface area (Å²) in [5.41, 5.74) is -0.225. The summed E-state index contributed by atoms with van der Waals surface area (Å²) in [6.07, 6.45) is 2.88. The highest BCUT2D eigenvalue weighted by Gasteiger charge is 2.37. The maximum absolute atomic E-state index is 13.7. The summed E-state index contributed by atoms with van der Waals surface area (Å²) >= 11 is 6.12. The van der Waals surface area contributed by atoms with E-state index < -0.39 is 23.5 Å². The van der Waals surface area contributed by atoms with Crippen LogP contribution in [-0.2, 0) is 13.2 Å². The molecule has 42 heavy (non-hydrogen) atoms. The van der Waals surface area contributed by atoms with E-state index in [1.165, 1.54) is 29.1 Å². The minimum atomic E-state index is -4.71. The fourth-order valence-electron chi connectivity index (χ4n) is 4.86. The number of alkyl halides is 3. The fraction of sp³-hybridized carbons (Fsp3) is 0.346. The van der Waals surface area contributed by atoms with E-state index in [4.69, 9.17) is 16.3 Å². The number of aromatic nitrogens is 7. The van der Waals surface area contributed by atoms with Crippen LogP contribution in [0.1, 0.15) is 31.2 Å². The van der Waals surface area contributed by atoms with Crippen molar-refractivity contribution in [3.05, 3.63) is 53.7 Å². The number of hydrogen-bond acceptors (Lipinski definition) is 9. The highest BCUT2D eigenvalue weighted by atomic mass is 35.5. The number of rotatable bonds is 7. The second kappa shape index (κ2) is 11.8. The zero-order valence-corrected chi connectivity index (χ0v) is 23.1. The van der Waals surface area contributed by atoms with E-state index in [0.29, 0.717) is 43.0 Å². The second-order valence-electron chi connectivity index (χ2n) is 9.62. The molecule has 0 spiro atoms. The van der Waals surface area contributed by atoms with Crippen molar-refractivity contribution in [3.63, 3.8) is 0 Å². The van der Waals surface area contributed by atoms with Gasteiger partial charge in [0.25, 0.3) is 0 Å². The Morgan fingerprint density at radius 3 is 2.40 bits per heavy atom. The smallest absolute Gasteiger partial charge is 0.420 e. The van der Waals surface area contributed by atoms with Gasteiger partial charge in [-0.15, -0.1) is 0 Å². The molecule has 4 aromatic rings. The number of pyridine rings is 1. The normalized spacial score (nSPS) is 17.1. The molecule has 0 atom stereocenters. The molecule has 1 aliphatic carbocycles. The molecule has 0 unspecified atom stereocenters. The van der Waals surface area contributed by atoms with Crippen molar-refractivity contribution in [1.29, 1.82) is 0 Å². The number of nitrogens with one attached hydrogen (secondary N) is 1. The first-order valence-electron chi connectivity index (χ1n) is 12.8. The van der Waals surface area contributed by atoms with Crippen LogP contribution in [0.4, 0.5) is 29.7 Å². The molecule has 0 radical (unpaired) electrons. The number of hydrogen-bond donors (Lipinski definition) is 2. The number of halogens is 4. The van der Waals surface area contributed by atoms with Gasteiger partial charge >= 0.3 is 18.3 Å². The Hall–Kier alpha value is -4.53. The third-order valence-corrected chi connectivity index (χ3v) is 7.12. The fourth-order valence-corrected chi connectivity index (χ4v) is 5.13. The van der Waals surface area contributed by atoms with Gasteiger partial charge in [0.1, 0.15) is 22.8 Å². The predicted molar refractivity (Wildman–Crippen MR) is 146 cm³/mol. The average molecular weight is 604 g/mol. The Balaban J connectivity index is 1.31. The highest BCUT2D eigenvalue weighted by molar-refractivity contribution is 6.32. The first-order valence-corrected chi connectivity index (χ1v) is 13.2. The van der Waals surface area contributed by atoms with Crippen LogP contribution in [-0.4, -0.2) is 65.1 Å². The van der Waals surface area contributed by atoms with E-state index in [0.717, 1.165) is 0 Å². The highest BCUT2D eigenvalue weighted by Crippen LogP contribution is 2.38. The van der Waals surface area contributed by atoms with Crippen molar-refractivity contribution >= 4 is 29.5 Å². The van der Waals surface area contributed by atoms with Crippen molar-refractivity contribution < 1.29 is 27.8 Å². The first kappa shape index (κ1) is 29.0. The lowest BCUT2D eigenvalue weighted by Gasteiger charge is -2.35. The molecule has 1 amide bonds. The standard InChI is InChI=1S/C26H25ClF3N9O3/c1-38-13-19(27)22(37-38)21-18(26(28,29)30)12-32-23(36-21)35-16-3-5-17(6-4-16)39(25(40)41)20-9-14(7-8-31-20)15-10-33-24(42-2)34-11-15/h7-13,16-17H,3-6H2,1-2H3,(H,40,41)(H,32,35,36)/t16-,17-. The Morgan fingerprint density at radius 2 is 1.81 bits per heavy atom. The van der Waals surface area contributed by atoms with Crippen LogP contribution in [0.25, 0.3) is 22.5 Å². The number of carbonyl (C=O) groups is 1. The van der Waals surface area contributed by atoms with Gasteiger partial charge in [0, 0.05) is 55.7 Å². The third kappa shape index (κ3) is 6.20.